The normalized spacial score (nSPS) is 14.1. The molecule has 4 amide bonds. The van der Waals surface area contributed by atoms with Crippen LogP contribution in [0.5, 0.6) is 0 Å². The summed E-state index contributed by atoms with van der Waals surface area (Å²) in [5, 5.41) is 30.3. The van der Waals surface area contributed by atoms with Crippen molar-refractivity contribution in [1.29, 1.82) is 0 Å². The first-order valence-electron chi connectivity index (χ1n) is 24.4. The fraction of sp³-hybridized carbons (Fsp3) is 0.918. The average Bonchev–Trinajstić information content (AvgIpc) is 3.17. The van der Waals surface area contributed by atoms with Gasteiger partial charge in [-0.25, -0.2) is 0 Å². The number of hydrogen-bond donors (Lipinski definition) is 7. The van der Waals surface area contributed by atoms with E-state index in [4.69, 9.17) is 0 Å². The molecule has 0 spiro atoms. The monoisotopic (exact) mass is 881 g/mol. The smallest absolute Gasteiger partial charge is 0.221 e. The average molecular weight is 881 g/mol. The molecule has 0 aliphatic carbocycles. The summed E-state index contributed by atoms with van der Waals surface area (Å²) < 4.78 is 0. The first-order chi connectivity index (χ1) is 28.8. The zero-order valence-electron chi connectivity index (χ0n) is 42.7. The van der Waals surface area contributed by atoms with Crippen LogP contribution in [0.2, 0.25) is 0 Å². The molecule has 0 aliphatic rings. The second kappa shape index (κ2) is 30.7. The van der Waals surface area contributed by atoms with E-state index in [1.165, 1.54) is 0 Å². The summed E-state index contributed by atoms with van der Waals surface area (Å²) in [6.45, 7) is 39.3. The molecular weight excluding hydrogens is 781 g/mol. The van der Waals surface area contributed by atoms with Crippen LogP contribution in [-0.2, 0) is 19.2 Å². The molecule has 0 aliphatic heterocycles. The molecule has 0 saturated heterocycles. The van der Waals surface area contributed by atoms with E-state index in [0.29, 0.717) is 111 Å². The summed E-state index contributed by atoms with van der Waals surface area (Å²) >= 11 is 0. The number of carbonyl (C=O) groups excluding carboxylic acids is 4. The van der Waals surface area contributed by atoms with Gasteiger partial charge < -0.3 is 46.8 Å². The van der Waals surface area contributed by atoms with Gasteiger partial charge >= 0.3 is 0 Å². The van der Waals surface area contributed by atoms with Gasteiger partial charge in [-0.2, -0.15) is 0 Å². The Bertz CT molecular complexity index is 1250. The molecule has 13 nitrogen and oxygen atoms in total. The highest BCUT2D eigenvalue weighted by Crippen LogP contribution is 2.34. The molecule has 0 heterocycles. The predicted octanol–water partition coefficient (Wildman–Crippen LogP) is 6.10. The second-order valence-corrected chi connectivity index (χ2v) is 22.1. The Balaban J connectivity index is 5.40. The first-order valence-corrected chi connectivity index (χ1v) is 24.4. The molecule has 13 heteroatoms. The second-order valence-electron chi connectivity index (χ2n) is 22.1. The van der Waals surface area contributed by atoms with Crippen molar-refractivity contribution in [3.63, 3.8) is 0 Å². The maximum Gasteiger partial charge on any atom is 0.221 e. The molecule has 2 unspecified atom stereocenters. The fourth-order valence-electron chi connectivity index (χ4n) is 9.02. The molecule has 0 aromatic carbocycles. The number of nitrogens with one attached hydrogen (secondary N) is 6. The third-order valence-corrected chi connectivity index (χ3v) is 11.6. The fourth-order valence-corrected chi connectivity index (χ4v) is 9.02. The number of nitrogens with zero attached hydrogens (tertiary/aromatic N) is 2. The molecule has 366 valence electrons. The number of hydrogen-bond acceptors (Lipinski definition) is 9. The predicted molar refractivity (Wildman–Crippen MR) is 259 cm³/mol. The molecule has 0 fully saturated rings. The van der Waals surface area contributed by atoms with E-state index in [1.807, 2.05) is 13.8 Å². The largest absolute Gasteiger partial charge is 0.392 e. The number of aliphatic hydroxyl groups excluding tert-OH is 1. The topological polar surface area (TPSA) is 167 Å². The third kappa shape index (κ3) is 30.7. The molecule has 2 atom stereocenters. The highest BCUT2D eigenvalue weighted by Gasteiger charge is 2.35. The standard InChI is InChI=1S/C49H100N8O5/c1-15-23-49(18-4,40(58)17-3)39-55-44(62)22-31-57(33-26-50-25-19-41(59)53-37-47(11,12)35-45(5,6)7)34-28-51-27-32-56(29-20-42(60)52-24-16-2)30-21-43(61)54-38-48(13,14)36-46(8,9)10/h40,50-51,58H,15-39H2,1-14H3,(H,52,60)(H,53,59)(H,54,61)(H,55,62). The van der Waals surface area contributed by atoms with E-state index in [-0.39, 0.29) is 50.7 Å². The van der Waals surface area contributed by atoms with Crippen LogP contribution < -0.4 is 31.9 Å². The van der Waals surface area contributed by atoms with Crippen LogP contribution in [0.25, 0.3) is 0 Å². The lowest BCUT2D eigenvalue weighted by Gasteiger charge is -2.37. The zero-order valence-corrected chi connectivity index (χ0v) is 42.7. The minimum Gasteiger partial charge on any atom is -0.392 e. The van der Waals surface area contributed by atoms with Crippen LogP contribution >= 0.6 is 0 Å². The molecule has 0 bridgehead atoms. The van der Waals surface area contributed by atoms with Crippen LogP contribution in [0.1, 0.15) is 168 Å². The van der Waals surface area contributed by atoms with Crippen molar-refractivity contribution in [2.75, 3.05) is 91.6 Å². The van der Waals surface area contributed by atoms with Crippen molar-refractivity contribution in [2.45, 2.75) is 174 Å². The summed E-state index contributed by atoms with van der Waals surface area (Å²) in [7, 11) is 0. The molecule has 7 N–H and O–H groups in total. The van der Waals surface area contributed by atoms with Crippen LogP contribution in [0.3, 0.4) is 0 Å². The van der Waals surface area contributed by atoms with Gasteiger partial charge in [0.2, 0.25) is 23.6 Å². The molecular formula is C49H100N8O5. The minimum atomic E-state index is -0.458. The molecule has 0 saturated carbocycles. The van der Waals surface area contributed by atoms with Gasteiger partial charge in [0.1, 0.15) is 0 Å². The lowest BCUT2D eigenvalue weighted by molar-refractivity contribution is -0.123. The molecule has 0 radical (unpaired) electrons. The summed E-state index contributed by atoms with van der Waals surface area (Å²) in [6, 6.07) is 0. The Labute approximate surface area is 381 Å². The Morgan fingerprint density at radius 1 is 0.484 bits per heavy atom. The highest BCUT2D eigenvalue weighted by atomic mass is 16.3. The molecule has 0 aromatic heterocycles. The number of aliphatic hydroxyl groups is 1. The molecule has 0 aromatic rings. The maximum atomic E-state index is 13.2. The van der Waals surface area contributed by atoms with Crippen molar-refractivity contribution in [2.24, 2.45) is 27.1 Å². The Morgan fingerprint density at radius 2 is 0.871 bits per heavy atom. The number of carbonyl (C=O) groups is 4. The molecule has 0 rings (SSSR count). The summed E-state index contributed by atoms with van der Waals surface area (Å²) in [5.41, 5.74) is 0.0738. The number of rotatable bonds is 36. The van der Waals surface area contributed by atoms with Crippen LogP contribution in [-0.4, -0.2) is 136 Å². The third-order valence-electron chi connectivity index (χ3n) is 11.6. The van der Waals surface area contributed by atoms with E-state index < -0.39 is 6.10 Å². The van der Waals surface area contributed by atoms with Crippen LogP contribution in [0.15, 0.2) is 0 Å². The van der Waals surface area contributed by atoms with Gasteiger partial charge in [0.05, 0.1) is 6.10 Å². The van der Waals surface area contributed by atoms with Gasteiger partial charge in [0, 0.05) is 123 Å². The van der Waals surface area contributed by atoms with Crippen molar-refractivity contribution in [1.82, 2.24) is 41.7 Å². The van der Waals surface area contributed by atoms with Gasteiger partial charge in [0.15, 0.2) is 0 Å². The van der Waals surface area contributed by atoms with Crippen molar-refractivity contribution >= 4 is 23.6 Å². The van der Waals surface area contributed by atoms with Gasteiger partial charge in [-0.3, -0.25) is 19.2 Å². The van der Waals surface area contributed by atoms with Gasteiger partial charge in [-0.15, -0.1) is 0 Å². The summed E-state index contributed by atoms with van der Waals surface area (Å²) in [5.74, 6) is 0.0913. The lowest BCUT2D eigenvalue weighted by atomic mass is 9.74. The van der Waals surface area contributed by atoms with E-state index in [1.54, 1.807) is 0 Å². The SMILES string of the molecule is CCCNC(=O)CCN(CCNCCN(CCNCCC(=O)NCC(C)(C)CC(C)(C)C)CCC(=O)NCC(CC)(CCC)C(O)CC)CCC(=O)NCC(C)(C)CC(C)(C)C. The number of amides is 4. The Morgan fingerprint density at radius 3 is 1.26 bits per heavy atom. The first kappa shape index (κ1) is 59.7. The van der Waals surface area contributed by atoms with Crippen molar-refractivity contribution in [3.8, 4) is 0 Å². The highest BCUT2D eigenvalue weighted by molar-refractivity contribution is 5.77. The Kier molecular flexibility index (Phi) is 29.6. The Hall–Kier alpha value is -2.32. The van der Waals surface area contributed by atoms with Crippen LogP contribution in [0, 0.1) is 27.1 Å². The summed E-state index contributed by atoms with van der Waals surface area (Å²) in [6.07, 6.45) is 7.24. The summed E-state index contributed by atoms with van der Waals surface area (Å²) in [4.78, 5) is 55.7. The van der Waals surface area contributed by atoms with Gasteiger partial charge in [-0.05, 0) is 60.2 Å². The zero-order chi connectivity index (χ0) is 47.5. The quantitative estimate of drug-likeness (QED) is 0.0369. The van der Waals surface area contributed by atoms with E-state index >= 15 is 0 Å². The van der Waals surface area contributed by atoms with Crippen LogP contribution in [0.4, 0.5) is 0 Å². The van der Waals surface area contributed by atoms with E-state index in [9.17, 15) is 24.3 Å². The van der Waals surface area contributed by atoms with Gasteiger partial charge in [0.25, 0.3) is 0 Å². The molecule has 62 heavy (non-hydrogen) atoms. The maximum absolute atomic E-state index is 13.2. The van der Waals surface area contributed by atoms with Crippen molar-refractivity contribution in [3.05, 3.63) is 0 Å². The van der Waals surface area contributed by atoms with Gasteiger partial charge in [-0.1, -0.05) is 103 Å². The lowest BCUT2D eigenvalue weighted by Crippen LogP contribution is -2.46. The van der Waals surface area contributed by atoms with E-state index in [0.717, 1.165) is 51.6 Å². The van der Waals surface area contributed by atoms with Crippen molar-refractivity contribution < 1.29 is 24.3 Å². The van der Waals surface area contributed by atoms with E-state index in [2.05, 4.69) is 125 Å². The minimum absolute atomic E-state index is 0.00380.